The van der Waals surface area contributed by atoms with E-state index in [1.54, 1.807) is 25.7 Å². The van der Waals surface area contributed by atoms with Crippen LogP contribution >= 0.6 is 0 Å². The van der Waals surface area contributed by atoms with Crippen molar-refractivity contribution in [3.05, 3.63) is 12.4 Å². The molecular weight excluding hydrogens is 535 g/mol. The first-order chi connectivity index (χ1) is 18.3. The van der Waals surface area contributed by atoms with Gasteiger partial charge in [0.2, 0.25) is 20.9 Å². The topological polar surface area (TPSA) is 137 Å². The summed E-state index contributed by atoms with van der Waals surface area (Å²) in [7, 11) is -4.40. The number of sulfone groups is 1. The van der Waals surface area contributed by atoms with Gasteiger partial charge in [-0.25, -0.2) is 23.2 Å². The van der Waals surface area contributed by atoms with E-state index in [-0.39, 0.29) is 28.7 Å². The number of nitrogens with zero attached hydrogens (tertiary/aromatic N) is 3. The van der Waals surface area contributed by atoms with Crippen LogP contribution in [0.15, 0.2) is 17.6 Å². The summed E-state index contributed by atoms with van der Waals surface area (Å²) in [5, 5.41) is 2.48. The van der Waals surface area contributed by atoms with Gasteiger partial charge in [-0.05, 0) is 79.6 Å². The summed E-state index contributed by atoms with van der Waals surface area (Å²) in [6, 6.07) is -0.728. The lowest BCUT2D eigenvalue weighted by Crippen LogP contribution is -2.54. The van der Waals surface area contributed by atoms with E-state index in [9.17, 15) is 18.0 Å². The van der Waals surface area contributed by atoms with Crippen molar-refractivity contribution in [2.45, 2.75) is 110 Å². The molecule has 2 saturated heterocycles. The number of amides is 2. The molecule has 2 amide bonds. The largest absolute Gasteiger partial charge is 0.498 e. The fourth-order valence-corrected chi connectivity index (χ4v) is 5.90. The van der Waals surface area contributed by atoms with Crippen LogP contribution in [0.5, 0.6) is 0 Å². The fraction of sp³-hybridized carbons (Fsp3) is 0.778. The first kappa shape index (κ1) is 32.3. The molecule has 2 aliphatic heterocycles. The number of hydrogen-bond donors (Lipinski definition) is 1. The summed E-state index contributed by atoms with van der Waals surface area (Å²) in [4.78, 5) is 35.6. The number of carbonyl (C=O) groups excluding carboxylic acids is 2. The second-order valence-corrected chi connectivity index (χ2v) is 15.2. The monoisotopic (exact) mass is 580 g/mol. The van der Waals surface area contributed by atoms with Crippen molar-refractivity contribution in [1.29, 1.82) is 0 Å². The van der Waals surface area contributed by atoms with Crippen LogP contribution in [0.25, 0.3) is 0 Å². The lowest BCUT2D eigenvalue weighted by molar-refractivity contribution is -0.136. The molecule has 0 aromatic carbocycles. The number of ether oxygens (including phenoxy) is 1. The van der Waals surface area contributed by atoms with Gasteiger partial charge in [0.05, 0.1) is 17.0 Å². The average Bonchev–Trinajstić information content (AvgIpc) is 3.06. The van der Waals surface area contributed by atoms with Crippen LogP contribution in [-0.2, 0) is 28.7 Å². The molecule has 1 N–H and O–H groups in total. The van der Waals surface area contributed by atoms with E-state index < -0.39 is 45.9 Å². The zero-order valence-corrected chi connectivity index (χ0v) is 26.1. The second-order valence-electron chi connectivity index (χ2n) is 13.2. The van der Waals surface area contributed by atoms with Crippen LogP contribution in [0, 0.1) is 11.8 Å². The Morgan fingerprint density at radius 3 is 2.25 bits per heavy atom. The highest BCUT2D eigenvalue weighted by Crippen LogP contribution is 2.36. The van der Waals surface area contributed by atoms with Crippen molar-refractivity contribution in [3.8, 4) is 0 Å². The summed E-state index contributed by atoms with van der Waals surface area (Å²) in [5.41, 5.74) is -1.18. The first-order valence-corrected chi connectivity index (χ1v) is 15.7. The molecule has 3 heterocycles. The van der Waals surface area contributed by atoms with Crippen molar-refractivity contribution >= 4 is 34.4 Å². The molecule has 13 heteroatoms. The van der Waals surface area contributed by atoms with Crippen LogP contribution in [0.1, 0.15) is 81.6 Å². The average molecular weight is 581 g/mol. The third-order valence-corrected chi connectivity index (χ3v) is 9.22. The van der Waals surface area contributed by atoms with Gasteiger partial charge < -0.3 is 24.3 Å². The van der Waals surface area contributed by atoms with Gasteiger partial charge in [0.15, 0.2) is 0 Å². The minimum atomic E-state index is -3.73. The number of carbonyl (C=O) groups is 2. The Bertz CT molecular complexity index is 1150. The quantitative estimate of drug-likeness (QED) is 0.364. The lowest BCUT2D eigenvalue weighted by atomic mass is 9.81. The highest BCUT2D eigenvalue weighted by Gasteiger charge is 2.52. The van der Waals surface area contributed by atoms with Gasteiger partial charge in [0, 0.05) is 30.9 Å². The predicted molar refractivity (Wildman–Crippen MR) is 152 cm³/mol. The van der Waals surface area contributed by atoms with Gasteiger partial charge in [-0.1, -0.05) is 13.8 Å². The SMILES string of the molecule is CC(C)[C@H](NC(=O)OC(C)(C)C)C(=O)N1CCC[C@@H](CCS(=O)(=O)c2ncc(B3OC(C)(C)C(C)(C)O3)cn2)C1. The Kier molecular flexibility index (Phi) is 9.63. The Labute approximate surface area is 239 Å². The van der Waals surface area contributed by atoms with Crippen molar-refractivity contribution in [2.75, 3.05) is 18.8 Å². The Morgan fingerprint density at radius 1 is 1.15 bits per heavy atom. The van der Waals surface area contributed by atoms with E-state index in [0.717, 1.165) is 12.8 Å². The van der Waals surface area contributed by atoms with Gasteiger partial charge in [0.25, 0.3) is 0 Å². The summed E-state index contributed by atoms with van der Waals surface area (Å²) >= 11 is 0. The van der Waals surface area contributed by atoms with Crippen LogP contribution in [0.2, 0.25) is 0 Å². The van der Waals surface area contributed by atoms with E-state index in [1.165, 1.54) is 12.4 Å². The van der Waals surface area contributed by atoms with Crippen LogP contribution < -0.4 is 10.8 Å². The summed E-state index contributed by atoms with van der Waals surface area (Å²) in [5.74, 6) is -0.446. The predicted octanol–water partition coefficient (Wildman–Crippen LogP) is 2.73. The molecule has 0 radical (unpaired) electrons. The molecule has 0 spiro atoms. The standard InChI is InChI=1S/C27H45BN4O7S/c1-18(2)21(31-24(34)37-25(3,4)5)22(33)32-13-10-11-19(17-32)12-14-40(35,36)23-29-15-20(16-30-23)28-38-26(6,7)27(8,9)39-28/h15-16,18-19,21H,10-14,17H2,1-9H3,(H,31,34)/t19-,21-/m0/s1. The highest BCUT2D eigenvalue weighted by molar-refractivity contribution is 7.91. The molecule has 2 atom stereocenters. The molecule has 11 nitrogen and oxygen atoms in total. The first-order valence-electron chi connectivity index (χ1n) is 14.0. The third-order valence-electron chi connectivity index (χ3n) is 7.68. The number of rotatable bonds is 8. The van der Waals surface area contributed by atoms with Crippen molar-refractivity contribution in [3.63, 3.8) is 0 Å². The molecule has 40 heavy (non-hydrogen) atoms. The van der Waals surface area contributed by atoms with Crippen LogP contribution in [0.3, 0.4) is 0 Å². The van der Waals surface area contributed by atoms with E-state index >= 15 is 0 Å². The van der Waals surface area contributed by atoms with Gasteiger partial charge in [0.1, 0.15) is 11.6 Å². The van der Waals surface area contributed by atoms with Gasteiger partial charge in [-0.3, -0.25) is 4.79 Å². The molecule has 2 aliphatic rings. The van der Waals surface area contributed by atoms with Crippen molar-refractivity contribution < 1.29 is 32.1 Å². The zero-order valence-electron chi connectivity index (χ0n) is 25.3. The molecule has 224 valence electrons. The molecule has 0 unspecified atom stereocenters. The minimum absolute atomic E-state index is 0.00541. The number of alkyl carbamates (subject to hydrolysis) is 1. The highest BCUT2D eigenvalue weighted by atomic mass is 32.2. The molecule has 3 rings (SSSR count). The number of hydrogen-bond acceptors (Lipinski definition) is 9. The molecule has 1 aromatic heterocycles. The van der Waals surface area contributed by atoms with E-state index in [2.05, 4.69) is 15.3 Å². The molecule has 0 aliphatic carbocycles. The molecule has 1 aromatic rings. The Hall–Kier alpha value is -2.25. The Balaban J connectivity index is 1.58. The number of likely N-dealkylation sites (tertiary alicyclic amines) is 1. The van der Waals surface area contributed by atoms with E-state index in [0.29, 0.717) is 25.0 Å². The maximum Gasteiger partial charge on any atom is 0.498 e. The number of piperidine rings is 1. The number of nitrogens with one attached hydrogen (secondary N) is 1. The van der Waals surface area contributed by atoms with Crippen LogP contribution in [0.4, 0.5) is 4.79 Å². The molecular formula is C27H45BN4O7S. The third kappa shape index (κ3) is 7.94. The summed E-state index contributed by atoms with van der Waals surface area (Å²) < 4.78 is 43.4. The normalized spacial score (nSPS) is 21.8. The maximum absolute atomic E-state index is 13.3. The molecule has 0 bridgehead atoms. The van der Waals surface area contributed by atoms with Gasteiger partial charge in [-0.2, -0.15) is 0 Å². The molecule has 2 fully saturated rings. The van der Waals surface area contributed by atoms with Crippen molar-refractivity contribution in [1.82, 2.24) is 20.2 Å². The second kappa shape index (κ2) is 11.9. The van der Waals surface area contributed by atoms with E-state index in [4.69, 9.17) is 14.0 Å². The van der Waals surface area contributed by atoms with E-state index in [1.807, 2.05) is 41.5 Å². The fourth-order valence-electron chi connectivity index (χ4n) is 4.65. The summed E-state index contributed by atoms with van der Waals surface area (Å²) in [6.07, 6.45) is 4.18. The number of aromatic nitrogens is 2. The van der Waals surface area contributed by atoms with Gasteiger partial charge >= 0.3 is 13.2 Å². The smallest absolute Gasteiger partial charge is 0.444 e. The zero-order chi connectivity index (χ0) is 30.1. The molecule has 0 saturated carbocycles. The van der Waals surface area contributed by atoms with Crippen LogP contribution in [-0.4, -0.2) is 84.1 Å². The van der Waals surface area contributed by atoms with Crippen molar-refractivity contribution in [2.24, 2.45) is 11.8 Å². The Morgan fingerprint density at radius 2 is 1.73 bits per heavy atom. The maximum atomic E-state index is 13.3. The summed E-state index contributed by atoms with van der Waals surface area (Å²) in [6.45, 7) is 17.8. The lowest BCUT2D eigenvalue weighted by Gasteiger charge is -2.36. The van der Waals surface area contributed by atoms with Gasteiger partial charge in [-0.15, -0.1) is 0 Å². The minimum Gasteiger partial charge on any atom is -0.444 e.